The lowest BCUT2D eigenvalue weighted by atomic mass is 9.90. The molecule has 0 aromatic rings. The van der Waals surface area contributed by atoms with Crippen LogP contribution in [0.4, 0.5) is 0 Å². The molecule has 0 aromatic heterocycles. The summed E-state index contributed by atoms with van der Waals surface area (Å²) < 4.78 is 0. The Balaban J connectivity index is -0.000000106. The Bertz CT molecular complexity index is 788. The first-order chi connectivity index (χ1) is 27.4. The molecule has 0 heterocycles. The third-order valence-electron chi connectivity index (χ3n) is 8.22. The Morgan fingerprint density at radius 2 is 0.684 bits per heavy atom. The molecule has 0 amide bonds. The molecule has 0 heteroatoms. The number of rotatable bonds is 23. The zero-order chi connectivity index (χ0) is 45.2. The van der Waals surface area contributed by atoms with Crippen LogP contribution in [0.3, 0.4) is 0 Å². The summed E-state index contributed by atoms with van der Waals surface area (Å²) >= 11 is 0. The molecule has 0 fully saturated rings. The molecule has 0 aliphatic rings. The SMILES string of the molecule is CCC=CC(C)C.CCC=CC(C)CC(=CCC)CC.CCC=CC(C)CC(CC)CCC.CCC=CCC.CCC=CCC.CCC=CCC.CCC=CCC. The molecule has 0 bridgehead atoms. The predicted octanol–water partition coefficient (Wildman–Crippen LogP) is 21.6. The summed E-state index contributed by atoms with van der Waals surface area (Å²) in [5.41, 5.74) is 1.61. The standard InChI is InChI=1S/C13H26.C13H24.C7H14.4C6H12/c2*1-5-8-10-12(4)11-13(7-3)9-6-2;1-4-5-6-7(2)3;4*1-3-5-6-4-2/h8,10,12-13H,5-7,9,11H2,1-4H3;8-10,12H,5-7,11H2,1-4H3;5-7H,4H2,1-3H3;4*5-6H,3-4H2,1-2H3. The number of hydrogen-bond donors (Lipinski definition) is 0. The summed E-state index contributed by atoms with van der Waals surface area (Å²) in [6.45, 7) is 41.8. The number of hydrogen-bond acceptors (Lipinski definition) is 0. The van der Waals surface area contributed by atoms with E-state index >= 15 is 0 Å². The second kappa shape index (κ2) is 71.6. The molecule has 0 aliphatic heterocycles. The van der Waals surface area contributed by atoms with Crippen molar-refractivity contribution in [2.45, 2.75) is 247 Å². The second-order valence-electron chi connectivity index (χ2n) is 15.0. The van der Waals surface area contributed by atoms with Crippen LogP contribution in [0, 0.1) is 23.7 Å². The van der Waals surface area contributed by atoms with Crippen LogP contribution in [0.25, 0.3) is 0 Å². The van der Waals surface area contributed by atoms with Gasteiger partial charge in [0.05, 0.1) is 0 Å². The molecule has 3 unspecified atom stereocenters. The number of allylic oxidation sites excluding steroid dienone is 16. The molecular formula is C57H112. The minimum Gasteiger partial charge on any atom is -0.0888 e. The highest BCUT2D eigenvalue weighted by Crippen LogP contribution is 2.21. The summed E-state index contributed by atoms with van der Waals surface area (Å²) in [5.74, 6) is 3.15. The third kappa shape index (κ3) is 91.2. The minimum absolute atomic E-state index is 0.706. The average Bonchev–Trinajstić information content (AvgIpc) is 3.22. The maximum atomic E-state index is 2.37. The van der Waals surface area contributed by atoms with E-state index in [-0.39, 0.29) is 0 Å². The Morgan fingerprint density at radius 3 is 0.912 bits per heavy atom. The van der Waals surface area contributed by atoms with Gasteiger partial charge in [-0.1, -0.05) is 248 Å². The van der Waals surface area contributed by atoms with Gasteiger partial charge in [0.1, 0.15) is 0 Å². The van der Waals surface area contributed by atoms with Crippen molar-refractivity contribution in [2.75, 3.05) is 0 Å². The van der Waals surface area contributed by atoms with Crippen molar-refractivity contribution in [3.05, 3.63) is 96.7 Å². The first-order valence-electron chi connectivity index (χ1n) is 24.7. The maximum absolute atomic E-state index is 2.37. The molecule has 57 heavy (non-hydrogen) atoms. The van der Waals surface area contributed by atoms with Crippen LogP contribution >= 0.6 is 0 Å². The van der Waals surface area contributed by atoms with Gasteiger partial charge < -0.3 is 0 Å². The van der Waals surface area contributed by atoms with E-state index < -0.39 is 0 Å². The van der Waals surface area contributed by atoms with Gasteiger partial charge in [-0.2, -0.15) is 0 Å². The van der Waals surface area contributed by atoms with Gasteiger partial charge in [0.25, 0.3) is 0 Å². The van der Waals surface area contributed by atoms with Crippen LogP contribution in [0.1, 0.15) is 247 Å². The van der Waals surface area contributed by atoms with Crippen molar-refractivity contribution in [3.63, 3.8) is 0 Å². The third-order valence-corrected chi connectivity index (χ3v) is 8.22. The lowest BCUT2D eigenvalue weighted by Crippen LogP contribution is -2.03. The van der Waals surface area contributed by atoms with Crippen molar-refractivity contribution in [1.29, 1.82) is 0 Å². The summed E-state index contributed by atoms with van der Waals surface area (Å²) in [6, 6.07) is 0. The fourth-order valence-corrected chi connectivity index (χ4v) is 5.12. The summed E-state index contributed by atoms with van der Waals surface area (Å²) in [5, 5.41) is 0. The lowest BCUT2D eigenvalue weighted by Gasteiger charge is -2.16. The average molecular weight is 798 g/mol. The van der Waals surface area contributed by atoms with E-state index in [1.54, 1.807) is 5.57 Å². The first kappa shape index (κ1) is 69.5. The molecule has 0 aliphatic carbocycles. The lowest BCUT2D eigenvalue weighted by molar-refractivity contribution is 0.390. The molecule has 0 saturated heterocycles. The molecule has 0 rings (SSSR count). The van der Waals surface area contributed by atoms with E-state index in [2.05, 4.69) is 223 Å². The Morgan fingerprint density at radius 1 is 0.368 bits per heavy atom. The van der Waals surface area contributed by atoms with E-state index in [0.29, 0.717) is 5.92 Å². The quantitative estimate of drug-likeness (QED) is 0.0904. The maximum Gasteiger partial charge on any atom is -0.0225 e. The van der Waals surface area contributed by atoms with Gasteiger partial charge in [-0.15, -0.1) is 0 Å². The summed E-state index contributed by atoms with van der Waals surface area (Å²) in [6.07, 6.45) is 55.5. The van der Waals surface area contributed by atoms with Gasteiger partial charge in [0.15, 0.2) is 0 Å². The highest BCUT2D eigenvalue weighted by molar-refractivity contribution is 5.04. The van der Waals surface area contributed by atoms with E-state index in [1.165, 1.54) is 103 Å². The Labute approximate surface area is 366 Å². The van der Waals surface area contributed by atoms with E-state index in [1.807, 2.05) is 0 Å². The molecule has 0 N–H and O–H groups in total. The fourth-order valence-electron chi connectivity index (χ4n) is 5.12. The van der Waals surface area contributed by atoms with Gasteiger partial charge in [-0.05, 0) is 120 Å². The molecule has 0 radical (unpaired) electrons. The molecule has 0 saturated carbocycles. The van der Waals surface area contributed by atoms with Crippen LogP contribution in [0.15, 0.2) is 96.7 Å². The van der Waals surface area contributed by atoms with Gasteiger partial charge in [-0.3, -0.25) is 0 Å². The molecule has 340 valence electrons. The largest absolute Gasteiger partial charge is 0.0888 e. The van der Waals surface area contributed by atoms with Crippen LogP contribution in [-0.2, 0) is 0 Å². The molecule has 0 nitrogen and oxygen atoms in total. The van der Waals surface area contributed by atoms with E-state index in [4.69, 9.17) is 0 Å². The van der Waals surface area contributed by atoms with Crippen LogP contribution in [0.5, 0.6) is 0 Å². The van der Waals surface area contributed by atoms with E-state index in [0.717, 1.165) is 30.6 Å². The van der Waals surface area contributed by atoms with Crippen molar-refractivity contribution in [3.8, 4) is 0 Å². The monoisotopic (exact) mass is 797 g/mol. The highest BCUT2D eigenvalue weighted by atomic mass is 14.1. The predicted molar refractivity (Wildman–Crippen MR) is 277 cm³/mol. The van der Waals surface area contributed by atoms with Gasteiger partial charge in [-0.25, -0.2) is 0 Å². The first-order valence-corrected chi connectivity index (χ1v) is 24.7. The van der Waals surface area contributed by atoms with Gasteiger partial charge in [0.2, 0.25) is 0 Å². The molecular weight excluding hydrogens is 685 g/mol. The topological polar surface area (TPSA) is 0 Å². The van der Waals surface area contributed by atoms with Crippen molar-refractivity contribution >= 4 is 0 Å². The van der Waals surface area contributed by atoms with Crippen LogP contribution in [0.2, 0.25) is 0 Å². The van der Waals surface area contributed by atoms with Gasteiger partial charge in [0, 0.05) is 0 Å². The van der Waals surface area contributed by atoms with Crippen LogP contribution in [-0.4, -0.2) is 0 Å². The van der Waals surface area contributed by atoms with Crippen LogP contribution < -0.4 is 0 Å². The van der Waals surface area contributed by atoms with Crippen molar-refractivity contribution < 1.29 is 0 Å². The molecule has 3 atom stereocenters. The Hall–Kier alpha value is -2.08. The van der Waals surface area contributed by atoms with Crippen molar-refractivity contribution in [2.24, 2.45) is 23.7 Å². The summed E-state index contributed by atoms with van der Waals surface area (Å²) in [7, 11) is 0. The zero-order valence-electron chi connectivity index (χ0n) is 43.2. The van der Waals surface area contributed by atoms with Crippen molar-refractivity contribution in [1.82, 2.24) is 0 Å². The highest BCUT2D eigenvalue weighted by Gasteiger charge is 2.08. The second-order valence-corrected chi connectivity index (χ2v) is 15.0. The Kier molecular flexibility index (Phi) is 87.4. The molecule has 0 aromatic carbocycles. The zero-order valence-corrected chi connectivity index (χ0v) is 43.2. The van der Waals surface area contributed by atoms with E-state index in [9.17, 15) is 0 Å². The minimum atomic E-state index is 0.706. The smallest absolute Gasteiger partial charge is 0.0225 e. The normalized spacial score (nSPS) is 12.9. The fraction of sp³-hybridized carbons (Fsp3) is 0.719. The van der Waals surface area contributed by atoms with Gasteiger partial charge >= 0.3 is 0 Å². The molecule has 0 spiro atoms. The summed E-state index contributed by atoms with van der Waals surface area (Å²) in [4.78, 5) is 0.